The third kappa shape index (κ3) is 2.40. The quantitative estimate of drug-likeness (QED) is 0.727. The average Bonchev–Trinajstić information content (AvgIpc) is 2.20. The second-order valence-corrected chi connectivity index (χ2v) is 4.25. The predicted octanol–water partition coefficient (Wildman–Crippen LogP) is 1.04. The second-order valence-electron chi connectivity index (χ2n) is 3.84. The van der Waals surface area contributed by atoms with Crippen LogP contribution in [0, 0.1) is 6.92 Å². The zero-order chi connectivity index (χ0) is 10.8. The van der Waals surface area contributed by atoms with Gasteiger partial charge in [0, 0.05) is 32.4 Å². The number of pyridine rings is 1. The van der Waals surface area contributed by atoms with Gasteiger partial charge < -0.3 is 4.90 Å². The van der Waals surface area contributed by atoms with Crippen LogP contribution in [0.3, 0.4) is 0 Å². The number of aryl methyl sites for hydroxylation is 1. The van der Waals surface area contributed by atoms with Crippen LogP contribution in [0.2, 0.25) is 5.02 Å². The van der Waals surface area contributed by atoms with Crippen molar-refractivity contribution in [2.75, 3.05) is 31.1 Å². The molecular formula is C10H15ClN4. The normalized spacial score (nSPS) is 18.2. The standard InChI is InChI=1S/C10H15ClN4/c1-8-6-9(11)10(13-7-8)14-2-4-15(12)5-3-14/h6-7H,2-5,12H2,1H3. The number of hydrogen-bond donors (Lipinski definition) is 1. The maximum Gasteiger partial charge on any atom is 0.147 e. The van der Waals surface area contributed by atoms with Crippen LogP contribution >= 0.6 is 11.6 Å². The van der Waals surface area contributed by atoms with Crippen molar-refractivity contribution in [2.24, 2.45) is 5.84 Å². The lowest BCUT2D eigenvalue weighted by molar-refractivity contribution is 0.265. The maximum absolute atomic E-state index is 6.15. The summed E-state index contributed by atoms with van der Waals surface area (Å²) in [6.45, 7) is 5.46. The number of hydrazine groups is 1. The van der Waals surface area contributed by atoms with Crippen LogP contribution in [0.25, 0.3) is 0 Å². The van der Waals surface area contributed by atoms with E-state index in [9.17, 15) is 0 Å². The van der Waals surface area contributed by atoms with Crippen molar-refractivity contribution in [2.45, 2.75) is 6.92 Å². The SMILES string of the molecule is Cc1cnc(N2CCN(N)CC2)c(Cl)c1. The van der Waals surface area contributed by atoms with E-state index in [0.717, 1.165) is 42.6 Å². The second kappa shape index (κ2) is 4.35. The molecule has 2 rings (SSSR count). The highest BCUT2D eigenvalue weighted by atomic mass is 35.5. The first-order valence-corrected chi connectivity index (χ1v) is 5.41. The lowest BCUT2D eigenvalue weighted by Crippen LogP contribution is -2.49. The predicted molar refractivity (Wildman–Crippen MR) is 62.0 cm³/mol. The fourth-order valence-electron chi connectivity index (χ4n) is 1.69. The van der Waals surface area contributed by atoms with Gasteiger partial charge in [-0.3, -0.25) is 5.84 Å². The third-order valence-electron chi connectivity index (χ3n) is 2.57. The summed E-state index contributed by atoms with van der Waals surface area (Å²) in [6.07, 6.45) is 1.84. The van der Waals surface area contributed by atoms with Gasteiger partial charge in [-0.2, -0.15) is 0 Å². The first-order valence-electron chi connectivity index (χ1n) is 5.03. The van der Waals surface area contributed by atoms with Crippen LogP contribution in [-0.2, 0) is 0 Å². The number of aromatic nitrogens is 1. The van der Waals surface area contributed by atoms with E-state index in [1.807, 2.05) is 24.2 Å². The minimum atomic E-state index is 0.723. The molecule has 0 aliphatic carbocycles. The molecule has 0 radical (unpaired) electrons. The first-order chi connectivity index (χ1) is 7.16. The zero-order valence-corrected chi connectivity index (χ0v) is 9.54. The number of hydrogen-bond acceptors (Lipinski definition) is 4. The molecule has 0 atom stereocenters. The van der Waals surface area contributed by atoms with Crippen LogP contribution in [0.5, 0.6) is 0 Å². The highest BCUT2D eigenvalue weighted by Gasteiger charge is 2.17. The molecule has 0 aromatic carbocycles. The van der Waals surface area contributed by atoms with Gasteiger partial charge in [0.15, 0.2) is 0 Å². The third-order valence-corrected chi connectivity index (χ3v) is 2.85. The van der Waals surface area contributed by atoms with E-state index in [2.05, 4.69) is 9.88 Å². The number of anilines is 1. The fraction of sp³-hybridized carbons (Fsp3) is 0.500. The van der Waals surface area contributed by atoms with Gasteiger partial charge >= 0.3 is 0 Å². The van der Waals surface area contributed by atoms with E-state index in [4.69, 9.17) is 17.4 Å². The van der Waals surface area contributed by atoms with Gasteiger partial charge in [-0.1, -0.05) is 11.6 Å². The van der Waals surface area contributed by atoms with Gasteiger partial charge in [0.1, 0.15) is 5.82 Å². The number of rotatable bonds is 1. The molecule has 1 aliphatic rings. The van der Waals surface area contributed by atoms with Gasteiger partial charge in [-0.05, 0) is 18.6 Å². The summed E-state index contributed by atoms with van der Waals surface area (Å²) in [4.78, 5) is 6.53. The summed E-state index contributed by atoms with van der Waals surface area (Å²) in [5.41, 5.74) is 1.08. The Bertz CT molecular complexity index is 347. The monoisotopic (exact) mass is 226 g/mol. The average molecular weight is 227 g/mol. The number of halogens is 1. The molecule has 1 saturated heterocycles. The Labute approximate surface area is 94.6 Å². The molecule has 2 N–H and O–H groups in total. The Morgan fingerprint density at radius 3 is 2.60 bits per heavy atom. The lowest BCUT2D eigenvalue weighted by atomic mass is 10.3. The summed E-state index contributed by atoms with van der Waals surface area (Å²) in [5, 5.41) is 2.54. The van der Waals surface area contributed by atoms with Crippen molar-refractivity contribution >= 4 is 17.4 Å². The Hall–Kier alpha value is -0.840. The molecular weight excluding hydrogens is 212 g/mol. The van der Waals surface area contributed by atoms with E-state index >= 15 is 0 Å². The smallest absolute Gasteiger partial charge is 0.147 e. The summed E-state index contributed by atoms with van der Waals surface area (Å²) >= 11 is 6.15. The van der Waals surface area contributed by atoms with Gasteiger partial charge in [-0.25, -0.2) is 9.99 Å². The summed E-state index contributed by atoms with van der Waals surface area (Å²) < 4.78 is 0. The lowest BCUT2D eigenvalue weighted by Gasteiger charge is -2.33. The molecule has 5 heteroatoms. The van der Waals surface area contributed by atoms with E-state index < -0.39 is 0 Å². The topological polar surface area (TPSA) is 45.4 Å². The van der Waals surface area contributed by atoms with Crippen molar-refractivity contribution in [3.63, 3.8) is 0 Å². The Kier molecular flexibility index (Phi) is 3.09. The van der Waals surface area contributed by atoms with E-state index in [1.165, 1.54) is 0 Å². The number of nitrogens with two attached hydrogens (primary N) is 1. The molecule has 82 valence electrons. The molecule has 1 fully saturated rings. The van der Waals surface area contributed by atoms with Crippen LogP contribution < -0.4 is 10.7 Å². The Morgan fingerprint density at radius 1 is 1.33 bits per heavy atom. The van der Waals surface area contributed by atoms with Gasteiger partial charge in [-0.15, -0.1) is 0 Å². The molecule has 0 unspecified atom stereocenters. The maximum atomic E-state index is 6.15. The zero-order valence-electron chi connectivity index (χ0n) is 8.78. The Balaban J connectivity index is 2.15. The molecule has 1 aromatic heterocycles. The molecule has 15 heavy (non-hydrogen) atoms. The molecule has 0 bridgehead atoms. The van der Waals surface area contributed by atoms with Gasteiger partial charge in [0.2, 0.25) is 0 Å². The number of nitrogens with zero attached hydrogens (tertiary/aromatic N) is 3. The summed E-state index contributed by atoms with van der Waals surface area (Å²) in [7, 11) is 0. The highest BCUT2D eigenvalue weighted by Crippen LogP contribution is 2.24. The minimum Gasteiger partial charge on any atom is -0.353 e. The molecule has 0 saturated carbocycles. The van der Waals surface area contributed by atoms with Crippen molar-refractivity contribution < 1.29 is 0 Å². The summed E-state index contributed by atoms with van der Waals surface area (Å²) in [5.74, 6) is 6.56. The van der Waals surface area contributed by atoms with Crippen molar-refractivity contribution in [1.82, 2.24) is 9.99 Å². The first kappa shape index (κ1) is 10.7. The molecule has 4 nitrogen and oxygen atoms in total. The molecule has 1 aromatic rings. The minimum absolute atomic E-state index is 0.723. The molecule has 2 heterocycles. The Morgan fingerprint density at radius 2 is 2.00 bits per heavy atom. The van der Waals surface area contributed by atoms with Crippen molar-refractivity contribution in [1.29, 1.82) is 0 Å². The summed E-state index contributed by atoms with van der Waals surface area (Å²) in [6, 6.07) is 1.94. The van der Waals surface area contributed by atoms with Gasteiger partial charge in [0.25, 0.3) is 0 Å². The fourth-order valence-corrected chi connectivity index (χ4v) is 2.03. The van der Waals surface area contributed by atoms with Crippen molar-refractivity contribution in [3.05, 3.63) is 22.8 Å². The van der Waals surface area contributed by atoms with Gasteiger partial charge in [0.05, 0.1) is 5.02 Å². The largest absolute Gasteiger partial charge is 0.353 e. The number of piperazine rings is 1. The van der Waals surface area contributed by atoms with E-state index in [1.54, 1.807) is 0 Å². The van der Waals surface area contributed by atoms with E-state index in [-0.39, 0.29) is 0 Å². The molecule has 1 aliphatic heterocycles. The van der Waals surface area contributed by atoms with Crippen molar-refractivity contribution in [3.8, 4) is 0 Å². The molecule has 0 spiro atoms. The van der Waals surface area contributed by atoms with Crippen LogP contribution in [0.15, 0.2) is 12.3 Å². The van der Waals surface area contributed by atoms with E-state index in [0.29, 0.717) is 0 Å². The van der Waals surface area contributed by atoms with Crippen LogP contribution in [0.4, 0.5) is 5.82 Å². The highest BCUT2D eigenvalue weighted by molar-refractivity contribution is 6.33. The molecule has 0 amide bonds. The van der Waals surface area contributed by atoms with Crippen LogP contribution in [-0.4, -0.2) is 36.2 Å². The van der Waals surface area contributed by atoms with Crippen LogP contribution in [0.1, 0.15) is 5.56 Å².